The van der Waals surface area contributed by atoms with Gasteiger partial charge in [-0.2, -0.15) is 13.2 Å². The summed E-state index contributed by atoms with van der Waals surface area (Å²) >= 11 is 0. The molecule has 8 heteroatoms. The monoisotopic (exact) mass is 496 g/mol. The van der Waals surface area contributed by atoms with Crippen molar-refractivity contribution in [3.8, 4) is 0 Å². The molecule has 2 aliphatic heterocycles. The van der Waals surface area contributed by atoms with Crippen LogP contribution in [0.3, 0.4) is 0 Å². The Kier molecular flexibility index (Phi) is 8.13. The summed E-state index contributed by atoms with van der Waals surface area (Å²) in [6.45, 7) is 6.79. The van der Waals surface area contributed by atoms with E-state index in [0.29, 0.717) is 32.5 Å². The summed E-state index contributed by atoms with van der Waals surface area (Å²) in [6, 6.07) is 6.17. The molecule has 35 heavy (non-hydrogen) atoms. The zero-order valence-corrected chi connectivity index (χ0v) is 21.1. The van der Waals surface area contributed by atoms with Crippen molar-refractivity contribution in [3.63, 3.8) is 0 Å². The summed E-state index contributed by atoms with van der Waals surface area (Å²) in [5.74, 6) is 0.485. The first-order valence-electron chi connectivity index (χ1n) is 13.0. The second-order valence-electron chi connectivity index (χ2n) is 10.9. The third-order valence-corrected chi connectivity index (χ3v) is 8.60. The van der Waals surface area contributed by atoms with Crippen LogP contribution in [0.5, 0.6) is 0 Å². The lowest BCUT2D eigenvalue weighted by Gasteiger charge is -2.41. The Morgan fingerprint density at radius 3 is 2.60 bits per heavy atom. The molecule has 1 aliphatic carbocycles. The summed E-state index contributed by atoms with van der Waals surface area (Å²) in [5, 5.41) is 3.76. The number of amides is 1. The molecular weight excluding hydrogens is 457 g/mol. The fourth-order valence-electron chi connectivity index (χ4n) is 6.32. The number of nitrogens with zero attached hydrogens (tertiary/aromatic N) is 1. The van der Waals surface area contributed by atoms with Crippen LogP contribution in [-0.4, -0.2) is 62.4 Å². The molecule has 3 aliphatic rings. The number of carbonyl (C=O) groups excluding carboxylic acids is 1. The van der Waals surface area contributed by atoms with Crippen molar-refractivity contribution in [1.82, 2.24) is 10.2 Å². The number of likely N-dealkylation sites (tertiary alicyclic amines) is 1. The number of halogens is 3. The van der Waals surface area contributed by atoms with Crippen molar-refractivity contribution in [3.05, 3.63) is 35.4 Å². The van der Waals surface area contributed by atoms with Gasteiger partial charge in [0.2, 0.25) is 5.91 Å². The van der Waals surface area contributed by atoms with Crippen LogP contribution in [-0.2, 0) is 20.4 Å². The number of ether oxygens (including phenoxy) is 2. The molecule has 4 rings (SSSR count). The molecule has 3 fully saturated rings. The number of benzene rings is 1. The Labute approximate surface area is 206 Å². The van der Waals surface area contributed by atoms with E-state index in [-0.39, 0.29) is 35.9 Å². The number of carbonyl (C=O) groups is 1. The first kappa shape index (κ1) is 26.4. The summed E-state index contributed by atoms with van der Waals surface area (Å²) in [7, 11) is 1.72. The number of methoxy groups -OCH3 is 1. The van der Waals surface area contributed by atoms with Gasteiger partial charge in [0.1, 0.15) is 0 Å². The first-order valence-corrected chi connectivity index (χ1v) is 13.0. The Hall–Kier alpha value is -1.64. The van der Waals surface area contributed by atoms with Crippen molar-refractivity contribution in [1.29, 1.82) is 0 Å². The van der Waals surface area contributed by atoms with Crippen LogP contribution in [0.1, 0.15) is 69.4 Å². The molecule has 2 saturated heterocycles. The number of hydrogen-bond donors (Lipinski definition) is 1. The van der Waals surface area contributed by atoms with Gasteiger partial charge >= 0.3 is 6.18 Å². The molecule has 0 radical (unpaired) electrons. The third kappa shape index (κ3) is 5.70. The van der Waals surface area contributed by atoms with E-state index in [1.807, 2.05) is 4.90 Å². The van der Waals surface area contributed by atoms with Gasteiger partial charge in [-0.05, 0) is 62.0 Å². The highest BCUT2D eigenvalue weighted by Gasteiger charge is 2.50. The van der Waals surface area contributed by atoms with E-state index in [4.69, 9.17) is 9.47 Å². The van der Waals surface area contributed by atoms with Crippen molar-refractivity contribution < 1.29 is 27.4 Å². The van der Waals surface area contributed by atoms with E-state index in [1.54, 1.807) is 13.2 Å². The highest BCUT2D eigenvalue weighted by Crippen LogP contribution is 2.47. The Morgan fingerprint density at radius 1 is 1.20 bits per heavy atom. The maximum absolute atomic E-state index is 13.9. The predicted octanol–water partition coefficient (Wildman–Crippen LogP) is 5.00. The van der Waals surface area contributed by atoms with Gasteiger partial charge in [0.15, 0.2) is 0 Å². The summed E-state index contributed by atoms with van der Waals surface area (Å²) in [5.41, 5.74) is -0.272. The lowest BCUT2D eigenvalue weighted by atomic mass is 9.73. The van der Waals surface area contributed by atoms with Crippen LogP contribution in [0.4, 0.5) is 13.2 Å². The molecule has 0 aromatic heterocycles. The number of alkyl halides is 3. The molecule has 1 unspecified atom stereocenters. The van der Waals surface area contributed by atoms with Crippen LogP contribution >= 0.6 is 0 Å². The lowest BCUT2D eigenvalue weighted by Crippen LogP contribution is -2.52. The van der Waals surface area contributed by atoms with Gasteiger partial charge < -0.3 is 19.7 Å². The van der Waals surface area contributed by atoms with Crippen molar-refractivity contribution in [2.24, 2.45) is 11.3 Å². The van der Waals surface area contributed by atoms with Gasteiger partial charge in [0, 0.05) is 38.9 Å². The van der Waals surface area contributed by atoms with Crippen LogP contribution in [0.2, 0.25) is 0 Å². The molecular formula is C27H39F3N2O3. The number of hydrogen-bond acceptors (Lipinski definition) is 4. The highest BCUT2D eigenvalue weighted by molar-refractivity contribution is 5.83. The standard InChI is InChI=1S/C27H39F3N2O3/c1-18(2)26(11-7-22(16-26)31-23-10-14-35-17-24(23)34-3)25(33)32-12-8-19(9-13-32)20-5-4-6-21(15-20)27(28,29)30/h4-6,15,18-19,22-24,31H,7-14,16-17H2,1-3H3/t22-,23-,24?,26+/m1/s1. The molecule has 196 valence electrons. The van der Waals surface area contributed by atoms with Gasteiger partial charge in [-0.3, -0.25) is 4.79 Å². The van der Waals surface area contributed by atoms with E-state index in [1.165, 1.54) is 12.1 Å². The van der Waals surface area contributed by atoms with E-state index < -0.39 is 17.2 Å². The maximum Gasteiger partial charge on any atom is 0.416 e. The Morgan fingerprint density at radius 2 is 1.94 bits per heavy atom. The summed E-state index contributed by atoms with van der Waals surface area (Å²) in [4.78, 5) is 15.8. The zero-order valence-electron chi connectivity index (χ0n) is 21.1. The molecule has 1 N–H and O–H groups in total. The largest absolute Gasteiger partial charge is 0.416 e. The minimum atomic E-state index is -4.34. The first-order chi connectivity index (χ1) is 16.6. The average Bonchev–Trinajstić information content (AvgIpc) is 3.29. The van der Waals surface area contributed by atoms with Gasteiger partial charge in [0.05, 0.1) is 23.7 Å². The summed E-state index contributed by atoms with van der Waals surface area (Å²) < 4.78 is 50.6. The van der Waals surface area contributed by atoms with E-state index >= 15 is 0 Å². The molecule has 1 aromatic carbocycles. The number of piperidine rings is 1. The van der Waals surface area contributed by atoms with Gasteiger partial charge in [-0.25, -0.2) is 0 Å². The second-order valence-corrected chi connectivity index (χ2v) is 10.9. The Bertz CT molecular complexity index is 869. The van der Waals surface area contributed by atoms with Crippen LogP contribution in [0, 0.1) is 11.3 Å². The summed E-state index contributed by atoms with van der Waals surface area (Å²) in [6.07, 6.45) is 0.612. The molecule has 5 nitrogen and oxygen atoms in total. The smallest absolute Gasteiger partial charge is 0.379 e. The number of rotatable bonds is 6. The average molecular weight is 497 g/mol. The minimum absolute atomic E-state index is 0.0309. The van der Waals surface area contributed by atoms with Gasteiger partial charge in [0.25, 0.3) is 0 Å². The molecule has 1 saturated carbocycles. The molecule has 1 amide bonds. The van der Waals surface area contributed by atoms with Gasteiger partial charge in [-0.1, -0.05) is 32.0 Å². The third-order valence-electron chi connectivity index (χ3n) is 8.60. The number of nitrogens with one attached hydrogen (secondary N) is 1. The highest BCUT2D eigenvalue weighted by atomic mass is 19.4. The van der Waals surface area contributed by atoms with E-state index in [9.17, 15) is 18.0 Å². The second kappa shape index (κ2) is 10.8. The zero-order chi connectivity index (χ0) is 25.2. The van der Waals surface area contributed by atoms with Crippen LogP contribution in [0.15, 0.2) is 24.3 Å². The van der Waals surface area contributed by atoms with Crippen molar-refractivity contribution in [2.75, 3.05) is 33.4 Å². The lowest BCUT2D eigenvalue weighted by molar-refractivity contribution is -0.146. The normalized spacial score (nSPS) is 30.7. The van der Waals surface area contributed by atoms with Gasteiger partial charge in [-0.15, -0.1) is 0 Å². The molecule has 1 aromatic rings. The molecule has 4 atom stereocenters. The quantitative estimate of drug-likeness (QED) is 0.602. The topological polar surface area (TPSA) is 50.8 Å². The van der Waals surface area contributed by atoms with Crippen molar-refractivity contribution >= 4 is 5.91 Å². The molecule has 2 heterocycles. The van der Waals surface area contributed by atoms with Crippen molar-refractivity contribution in [2.45, 2.75) is 82.7 Å². The Balaban J connectivity index is 1.38. The van der Waals surface area contributed by atoms with Crippen LogP contribution in [0.25, 0.3) is 0 Å². The fourth-order valence-corrected chi connectivity index (χ4v) is 6.32. The SMILES string of the molecule is COC1COCC[C@H]1N[C@@H]1CC[C@@](C(=O)N2CCC(c3cccc(C(F)(F)F)c3)CC2)(C(C)C)C1. The molecule has 0 bridgehead atoms. The fraction of sp³-hybridized carbons (Fsp3) is 0.741. The molecule has 0 spiro atoms. The minimum Gasteiger partial charge on any atom is -0.379 e. The van der Waals surface area contributed by atoms with E-state index in [2.05, 4.69) is 19.2 Å². The van der Waals surface area contributed by atoms with E-state index in [0.717, 1.165) is 43.9 Å². The predicted molar refractivity (Wildman–Crippen MR) is 128 cm³/mol. The maximum atomic E-state index is 13.9. The van der Waals surface area contributed by atoms with Crippen LogP contribution < -0.4 is 5.32 Å².